The molecule has 0 saturated heterocycles. The van der Waals surface area contributed by atoms with E-state index in [1.165, 1.54) is 0 Å². The van der Waals surface area contributed by atoms with Gasteiger partial charge in [0.1, 0.15) is 0 Å². The third-order valence-corrected chi connectivity index (χ3v) is 7.43. The molecular formula is C16H22OSi. The zero-order valence-corrected chi connectivity index (χ0v) is 13.3. The molecule has 0 rings (SSSR count). The number of rotatable bonds is 3. The topological polar surface area (TPSA) is 9.23 Å². The van der Waals surface area contributed by atoms with Crippen molar-refractivity contribution < 1.29 is 4.43 Å². The van der Waals surface area contributed by atoms with E-state index in [1.54, 1.807) is 13.0 Å². The molecule has 0 unspecified atom stereocenters. The van der Waals surface area contributed by atoms with Crippen molar-refractivity contribution in [1.29, 1.82) is 0 Å². The van der Waals surface area contributed by atoms with Gasteiger partial charge in [-0.15, -0.1) is 0 Å². The highest BCUT2D eigenvalue weighted by atomic mass is 28.4. The average molecular weight is 258 g/mol. The number of allylic oxidation sites excluding steroid dienone is 1. The summed E-state index contributed by atoms with van der Waals surface area (Å²) in [5, 5.41) is 0.247. The van der Waals surface area contributed by atoms with E-state index in [1.807, 2.05) is 6.08 Å². The number of hydrogen-bond acceptors (Lipinski definition) is 1. The van der Waals surface area contributed by atoms with Crippen LogP contribution in [0.5, 0.6) is 0 Å². The van der Waals surface area contributed by atoms with Gasteiger partial charge in [-0.1, -0.05) is 38.7 Å². The molecule has 0 aromatic rings. The smallest absolute Gasteiger partial charge is 0.192 e. The second-order valence-electron chi connectivity index (χ2n) is 5.37. The van der Waals surface area contributed by atoms with Gasteiger partial charge in [0.2, 0.25) is 0 Å². The minimum Gasteiger partial charge on any atom is -0.413 e. The fourth-order valence-corrected chi connectivity index (χ4v) is 1.73. The Hall–Kier alpha value is -1.40. The van der Waals surface area contributed by atoms with Gasteiger partial charge in [0.05, 0.1) is 6.61 Å². The molecular weight excluding hydrogens is 236 g/mol. The Morgan fingerprint density at radius 3 is 2.22 bits per heavy atom. The molecule has 0 saturated carbocycles. The lowest BCUT2D eigenvalue weighted by atomic mass is 10.2. The Bertz CT molecular complexity index is 459. The van der Waals surface area contributed by atoms with E-state index in [9.17, 15) is 0 Å². The van der Waals surface area contributed by atoms with Gasteiger partial charge in [0, 0.05) is 0 Å². The van der Waals surface area contributed by atoms with Crippen LogP contribution in [0.3, 0.4) is 0 Å². The van der Waals surface area contributed by atoms with E-state index >= 15 is 0 Å². The molecule has 1 nitrogen and oxygen atoms in total. The van der Waals surface area contributed by atoms with Gasteiger partial charge >= 0.3 is 0 Å². The summed E-state index contributed by atoms with van der Waals surface area (Å²) in [6.45, 7) is 13.5. The lowest BCUT2D eigenvalue weighted by Gasteiger charge is -2.35. The van der Waals surface area contributed by atoms with Crippen molar-refractivity contribution in [3.8, 4) is 35.5 Å². The quantitative estimate of drug-likeness (QED) is 0.555. The highest BCUT2D eigenvalue weighted by molar-refractivity contribution is 6.74. The molecule has 18 heavy (non-hydrogen) atoms. The predicted octanol–water partition coefficient (Wildman–Crippen LogP) is 3.59. The summed E-state index contributed by atoms with van der Waals surface area (Å²) in [6, 6.07) is 0. The van der Waals surface area contributed by atoms with Crippen LogP contribution in [-0.4, -0.2) is 14.9 Å². The molecule has 0 aliphatic rings. The third kappa shape index (κ3) is 7.03. The first kappa shape index (κ1) is 16.6. The van der Waals surface area contributed by atoms with Crippen LogP contribution in [0.25, 0.3) is 0 Å². The standard InChI is InChI=1S/C16H22OSi/c1-7-8-9-10-11-12-13-14-15-17-18(5,6)16(2,3)4/h13-14H,15H2,1-6H3/b14-13+. The van der Waals surface area contributed by atoms with Crippen molar-refractivity contribution in [3.05, 3.63) is 12.2 Å². The van der Waals surface area contributed by atoms with Crippen LogP contribution in [0.2, 0.25) is 18.1 Å². The van der Waals surface area contributed by atoms with Crippen molar-refractivity contribution in [2.24, 2.45) is 0 Å². The summed E-state index contributed by atoms with van der Waals surface area (Å²) < 4.78 is 5.96. The zero-order valence-electron chi connectivity index (χ0n) is 12.3. The van der Waals surface area contributed by atoms with E-state index < -0.39 is 8.32 Å². The Morgan fingerprint density at radius 1 is 1.06 bits per heavy atom. The maximum absolute atomic E-state index is 5.96. The Morgan fingerprint density at radius 2 is 1.67 bits per heavy atom. The Labute approximate surface area is 113 Å². The van der Waals surface area contributed by atoms with E-state index in [0.717, 1.165) is 0 Å². The highest BCUT2D eigenvalue weighted by Gasteiger charge is 2.36. The normalized spacial score (nSPS) is 10.8. The van der Waals surface area contributed by atoms with Crippen LogP contribution in [0, 0.1) is 35.5 Å². The summed E-state index contributed by atoms with van der Waals surface area (Å²) in [4.78, 5) is 0. The predicted molar refractivity (Wildman–Crippen MR) is 81.3 cm³/mol. The van der Waals surface area contributed by atoms with Gasteiger partial charge in [0.15, 0.2) is 8.32 Å². The van der Waals surface area contributed by atoms with Crippen LogP contribution < -0.4 is 0 Å². The molecule has 0 N–H and O–H groups in total. The van der Waals surface area contributed by atoms with Crippen molar-refractivity contribution in [2.45, 2.75) is 45.8 Å². The number of hydrogen-bond donors (Lipinski definition) is 0. The molecule has 0 bridgehead atoms. The first-order valence-corrected chi connectivity index (χ1v) is 8.93. The molecule has 0 heterocycles. The van der Waals surface area contributed by atoms with E-state index in [2.05, 4.69) is 69.4 Å². The monoisotopic (exact) mass is 258 g/mol. The fraction of sp³-hybridized carbons (Fsp3) is 0.500. The first-order valence-electron chi connectivity index (χ1n) is 6.02. The van der Waals surface area contributed by atoms with Crippen molar-refractivity contribution >= 4 is 8.32 Å². The van der Waals surface area contributed by atoms with Crippen LogP contribution in [0.15, 0.2) is 12.2 Å². The maximum Gasteiger partial charge on any atom is 0.192 e. The van der Waals surface area contributed by atoms with Gasteiger partial charge in [0.25, 0.3) is 0 Å². The molecule has 0 amide bonds. The first-order chi connectivity index (χ1) is 8.31. The van der Waals surface area contributed by atoms with Crippen LogP contribution in [0.1, 0.15) is 27.7 Å². The minimum atomic E-state index is -1.64. The van der Waals surface area contributed by atoms with Gasteiger partial charge in [-0.05, 0) is 54.8 Å². The van der Waals surface area contributed by atoms with E-state index in [-0.39, 0.29) is 5.04 Å². The summed E-state index contributed by atoms with van der Waals surface area (Å²) in [7, 11) is -1.64. The molecule has 96 valence electrons. The molecule has 0 aliphatic heterocycles. The van der Waals surface area contributed by atoms with E-state index in [4.69, 9.17) is 4.43 Å². The van der Waals surface area contributed by atoms with Crippen LogP contribution in [0.4, 0.5) is 0 Å². The van der Waals surface area contributed by atoms with Crippen LogP contribution in [-0.2, 0) is 4.43 Å². The Balaban J connectivity index is 4.14. The van der Waals surface area contributed by atoms with Crippen LogP contribution >= 0.6 is 0 Å². The average Bonchev–Trinajstić information content (AvgIpc) is 2.25. The third-order valence-electron chi connectivity index (χ3n) is 2.93. The second-order valence-corrected chi connectivity index (χ2v) is 10.2. The minimum absolute atomic E-state index is 0.247. The summed E-state index contributed by atoms with van der Waals surface area (Å²) >= 11 is 0. The molecule has 0 spiro atoms. The molecule has 0 aromatic heterocycles. The SMILES string of the molecule is CC#CC#CC#C/C=C/CO[Si](C)(C)C(C)(C)C. The molecule has 0 aliphatic carbocycles. The van der Waals surface area contributed by atoms with Gasteiger partial charge in [-0.2, -0.15) is 0 Å². The van der Waals surface area contributed by atoms with E-state index in [0.29, 0.717) is 6.61 Å². The summed E-state index contributed by atoms with van der Waals surface area (Å²) in [6.07, 6.45) is 3.71. The molecule has 2 heteroatoms. The van der Waals surface area contributed by atoms with Gasteiger partial charge in [-0.25, -0.2) is 0 Å². The Kier molecular flexibility index (Phi) is 7.22. The molecule has 0 radical (unpaired) electrons. The lowest BCUT2D eigenvalue weighted by Crippen LogP contribution is -2.40. The summed E-state index contributed by atoms with van der Waals surface area (Å²) in [5.74, 6) is 16.1. The largest absolute Gasteiger partial charge is 0.413 e. The molecule has 0 fully saturated rings. The second kappa shape index (κ2) is 7.83. The molecule has 0 aromatic carbocycles. The zero-order chi connectivity index (χ0) is 14.1. The van der Waals surface area contributed by atoms with Gasteiger partial charge in [-0.3, -0.25) is 0 Å². The van der Waals surface area contributed by atoms with Crippen molar-refractivity contribution in [1.82, 2.24) is 0 Å². The highest BCUT2D eigenvalue weighted by Crippen LogP contribution is 2.36. The fourth-order valence-electron chi connectivity index (χ4n) is 0.783. The van der Waals surface area contributed by atoms with Crippen molar-refractivity contribution in [2.75, 3.05) is 6.61 Å². The summed E-state index contributed by atoms with van der Waals surface area (Å²) in [5.41, 5.74) is 0. The molecule has 0 atom stereocenters. The maximum atomic E-state index is 5.96. The lowest BCUT2D eigenvalue weighted by molar-refractivity contribution is 0.328. The van der Waals surface area contributed by atoms with Crippen molar-refractivity contribution in [3.63, 3.8) is 0 Å². The van der Waals surface area contributed by atoms with Gasteiger partial charge < -0.3 is 4.43 Å².